The van der Waals surface area contributed by atoms with Crippen LogP contribution < -0.4 is 10.5 Å². The number of hydrogen-bond donors (Lipinski definition) is 1. The summed E-state index contributed by atoms with van der Waals surface area (Å²) in [6.07, 6.45) is 0. The van der Waals surface area contributed by atoms with Crippen molar-refractivity contribution in [3.8, 4) is 27.4 Å². The maximum Gasteiger partial charge on any atom is 0.130 e. The Hall–Kier alpha value is -2.27. The predicted molar refractivity (Wildman–Crippen MR) is 87.7 cm³/mol. The van der Waals surface area contributed by atoms with Crippen molar-refractivity contribution in [1.82, 2.24) is 9.78 Å². The molecule has 0 spiro atoms. The molecule has 0 aliphatic heterocycles. The zero-order chi connectivity index (χ0) is 15.0. The number of nitrogens with zero attached hydrogens (tertiary/aromatic N) is 2. The molecule has 0 radical (unpaired) electrons. The predicted octanol–water partition coefficient (Wildman–Crippen LogP) is 3.71. The first kappa shape index (κ1) is 13.7. The average Bonchev–Trinajstić information content (AvgIpc) is 3.09. The van der Waals surface area contributed by atoms with Crippen LogP contribution in [0.5, 0.6) is 5.75 Å². The maximum atomic E-state index is 6.21. The number of benzene rings is 1. The van der Waals surface area contributed by atoms with E-state index in [2.05, 4.69) is 17.2 Å². The molecule has 0 amide bonds. The molecule has 0 fully saturated rings. The van der Waals surface area contributed by atoms with Crippen LogP contribution in [0.2, 0.25) is 0 Å². The van der Waals surface area contributed by atoms with Crippen molar-refractivity contribution in [3.63, 3.8) is 0 Å². The second kappa shape index (κ2) is 5.26. The number of aryl methyl sites for hydroxylation is 2. The minimum absolute atomic E-state index is 0.673. The third-order valence-corrected chi connectivity index (χ3v) is 4.43. The van der Waals surface area contributed by atoms with Crippen molar-refractivity contribution in [2.24, 2.45) is 7.05 Å². The van der Waals surface area contributed by atoms with E-state index in [1.54, 1.807) is 23.1 Å². The van der Waals surface area contributed by atoms with Crippen LogP contribution in [-0.2, 0) is 7.05 Å². The fourth-order valence-corrected chi connectivity index (χ4v) is 3.15. The number of nitrogen functional groups attached to an aromatic ring is 1. The van der Waals surface area contributed by atoms with Gasteiger partial charge in [0.1, 0.15) is 17.3 Å². The SMILES string of the molecule is COc1cc(-c2nn(C)c(N)c2-c2cccs2)ccc1C. The second-order valence-corrected chi connectivity index (χ2v) is 5.84. The van der Waals surface area contributed by atoms with Gasteiger partial charge in [-0.1, -0.05) is 18.2 Å². The molecule has 2 heterocycles. The summed E-state index contributed by atoms with van der Waals surface area (Å²) in [7, 11) is 3.54. The topological polar surface area (TPSA) is 53.1 Å². The van der Waals surface area contributed by atoms with E-state index in [0.29, 0.717) is 5.82 Å². The summed E-state index contributed by atoms with van der Waals surface area (Å²) in [5.41, 5.74) is 10.2. The maximum absolute atomic E-state index is 6.21. The molecule has 0 unspecified atom stereocenters. The normalized spacial score (nSPS) is 10.8. The van der Waals surface area contributed by atoms with E-state index in [1.165, 1.54) is 0 Å². The minimum atomic E-state index is 0.673. The number of anilines is 1. The van der Waals surface area contributed by atoms with Gasteiger partial charge >= 0.3 is 0 Å². The Morgan fingerprint density at radius 1 is 1.29 bits per heavy atom. The van der Waals surface area contributed by atoms with Gasteiger partial charge in [0.05, 0.1) is 12.7 Å². The molecule has 2 aromatic heterocycles. The van der Waals surface area contributed by atoms with Gasteiger partial charge < -0.3 is 10.5 Å². The fraction of sp³-hybridized carbons (Fsp3) is 0.188. The molecule has 0 saturated heterocycles. The van der Waals surface area contributed by atoms with Gasteiger partial charge in [-0.15, -0.1) is 11.3 Å². The molecule has 5 heteroatoms. The number of ether oxygens (including phenoxy) is 1. The van der Waals surface area contributed by atoms with E-state index >= 15 is 0 Å². The average molecular weight is 299 g/mol. The number of rotatable bonds is 3. The van der Waals surface area contributed by atoms with E-state index in [4.69, 9.17) is 10.5 Å². The Kier molecular flexibility index (Phi) is 3.43. The van der Waals surface area contributed by atoms with Crippen LogP contribution in [0.1, 0.15) is 5.56 Å². The summed E-state index contributed by atoms with van der Waals surface area (Å²) in [6, 6.07) is 10.2. The fourth-order valence-electron chi connectivity index (χ4n) is 2.37. The largest absolute Gasteiger partial charge is 0.496 e. The van der Waals surface area contributed by atoms with Gasteiger partial charge in [-0.2, -0.15) is 5.10 Å². The number of aromatic nitrogens is 2. The van der Waals surface area contributed by atoms with Gasteiger partial charge in [-0.25, -0.2) is 0 Å². The van der Waals surface area contributed by atoms with Gasteiger partial charge in [0.2, 0.25) is 0 Å². The highest BCUT2D eigenvalue weighted by molar-refractivity contribution is 7.13. The van der Waals surface area contributed by atoms with Crippen molar-refractivity contribution in [3.05, 3.63) is 41.3 Å². The van der Waals surface area contributed by atoms with Gasteiger partial charge in [-0.3, -0.25) is 4.68 Å². The standard InChI is InChI=1S/C16H17N3OS/c1-10-6-7-11(9-12(10)20-3)15-14(13-5-4-8-21-13)16(17)19(2)18-15/h4-9H,17H2,1-3H3. The van der Waals surface area contributed by atoms with Crippen LogP contribution in [0, 0.1) is 6.92 Å². The smallest absolute Gasteiger partial charge is 0.130 e. The summed E-state index contributed by atoms with van der Waals surface area (Å²) in [4.78, 5) is 1.12. The molecule has 0 saturated carbocycles. The first-order valence-corrected chi connectivity index (χ1v) is 7.51. The quantitative estimate of drug-likeness (QED) is 0.802. The number of nitrogens with two attached hydrogens (primary N) is 1. The van der Waals surface area contributed by atoms with Gasteiger partial charge in [0.25, 0.3) is 0 Å². The highest BCUT2D eigenvalue weighted by atomic mass is 32.1. The second-order valence-electron chi connectivity index (χ2n) is 4.89. The van der Waals surface area contributed by atoms with Gasteiger partial charge in [0, 0.05) is 17.5 Å². The van der Waals surface area contributed by atoms with Crippen molar-refractivity contribution in [1.29, 1.82) is 0 Å². The molecule has 3 aromatic rings. The molecule has 2 N–H and O–H groups in total. The molecular weight excluding hydrogens is 282 g/mol. The summed E-state index contributed by atoms with van der Waals surface area (Å²) in [6.45, 7) is 2.02. The van der Waals surface area contributed by atoms with Crippen molar-refractivity contribution >= 4 is 17.2 Å². The Labute approximate surface area is 127 Å². The Bertz CT molecular complexity index is 775. The highest BCUT2D eigenvalue weighted by Crippen LogP contribution is 2.39. The van der Waals surface area contributed by atoms with Crippen LogP contribution >= 0.6 is 11.3 Å². The lowest BCUT2D eigenvalue weighted by atomic mass is 10.0. The number of hydrogen-bond acceptors (Lipinski definition) is 4. The number of thiophene rings is 1. The Morgan fingerprint density at radius 3 is 2.76 bits per heavy atom. The molecule has 0 aliphatic carbocycles. The van der Waals surface area contributed by atoms with E-state index in [-0.39, 0.29) is 0 Å². The van der Waals surface area contributed by atoms with Crippen LogP contribution in [0.4, 0.5) is 5.82 Å². The summed E-state index contributed by atoms with van der Waals surface area (Å²) in [5, 5.41) is 6.63. The molecule has 21 heavy (non-hydrogen) atoms. The Morgan fingerprint density at radius 2 is 2.10 bits per heavy atom. The van der Waals surface area contributed by atoms with Crippen LogP contribution in [-0.4, -0.2) is 16.9 Å². The highest BCUT2D eigenvalue weighted by Gasteiger charge is 2.18. The lowest BCUT2D eigenvalue weighted by Crippen LogP contribution is -1.97. The monoisotopic (exact) mass is 299 g/mol. The molecule has 3 rings (SSSR count). The van der Waals surface area contributed by atoms with E-state index in [9.17, 15) is 0 Å². The van der Waals surface area contributed by atoms with E-state index in [0.717, 1.165) is 33.0 Å². The first-order chi connectivity index (χ1) is 10.1. The summed E-state index contributed by atoms with van der Waals surface area (Å²) >= 11 is 1.66. The van der Waals surface area contributed by atoms with Gasteiger partial charge in [0.15, 0.2) is 0 Å². The van der Waals surface area contributed by atoms with Crippen molar-refractivity contribution < 1.29 is 4.74 Å². The molecule has 0 atom stereocenters. The van der Waals surface area contributed by atoms with E-state index < -0.39 is 0 Å². The van der Waals surface area contributed by atoms with Crippen molar-refractivity contribution in [2.75, 3.05) is 12.8 Å². The third-order valence-electron chi connectivity index (χ3n) is 3.54. The van der Waals surface area contributed by atoms with Gasteiger partial charge in [-0.05, 0) is 30.0 Å². The molecule has 4 nitrogen and oxygen atoms in total. The van der Waals surface area contributed by atoms with Crippen LogP contribution in [0.25, 0.3) is 21.7 Å². The lowest BCUT2D eigenvalue weighted by Gasteiger charge is -2.07. The summed E-state index contributed by atoms with van der Waals surface area (Å²) < 4.78 is 7.13. The third kappa shape index (κ3) is 2.29. The zero-order valence-electron chi connectivity index (χ0n) is 12.3. The molecular formula is C16H17N3OS. The molecule has 108 valence electrons. The van der Waals surface area contributed by atoms with E-state index in [1.807, 2.05) is 37.6 Å². The first-order valence-electron chi connectivity index (χ1n) is 6.63. The Balaban J connectivity index is 2.22. The van der Waals surface area contributed by atoms with Crippen molar-refractivity contribution in [2.45, 2.75) is 6.92 Å². The molecule has 0 bridgehead atoms. The van der Waals surface area contributed by atoms with Crippen LogP contribution in [0.3, 0.4) is 0 Å². The van der Waals surface area contributed by atoms with Crippen LogP contribution in [0.15, 0.2) is 35.7 Å². The minimum Gasteiger partial charge on any atom is -0.496 e. The lowest BCUT2D eigenvalue weighted by molar-refractivity contribution is 0.412. The molecule has 1 aromatic carbocycles. The molecule has 0 aliphatic rings. The summed E-state index contributed by atoms with van der Waals surface area (Å²) in [5.74, 6) is 1.53. The number of methoxy groups -OCH3 is 1. The zero-order valence-corrected chi connectivity index (χ0v) is 13.1.